The second-order valence-corrected chi connectivity index (χ2v) is 4.16. The molecule has 0 aliphatic rings. The molecule has 0 aliphatic heterocycles. The van der Waals surface area contributed by atoms with Gasteiger partial charge in [-0.3, -0.25) is 4.68 Å². The topological polar surface area (TPSA) is 72.5 Å². The summed E-state index contributed by atoms with van der Waals surface area (Å²) in [6, 6.07) is 6.04. The molecule has 0 unspecified atom stereocenters. The molecule has 0 atom stereocenters. The number of nitrogens with two attached hydrogens (primary N) is 1. The summed E-state index contributed by atoms with van der Waals surface area (Å²) in [5, 5.41) is 4.14. The van der Waals surface area contributed by atoms with Gasteiger partial charge in [-0.25, -0.2) is 4.98 Å². The molecular formula is C12H13N5. The van der Waals surface area contributed by atoms with E-state index >= 15 is 0 Å². The van der Waals surface area contributed by atoms with E-state index in [9.17, 15) is 0 Å². The molecule has 0 spiro atoms. The molecule has 3 N–H and O–H groups in total. The molecule has 2 heterocycles. The smallest absolute Gasteiger partial charge is 0.153 e. The van der Waals surface area contributed by atoms with Crippen LogP contribution in [0.5, 0.6) is 0 Å². The number of nitrogens with zero attached hydrogens (tertiary/aromatic N) is 3. The first-order chi connectivity index (χ1) is 8.13. The fraction of sp³-hybridized carbons (Fsp3) is 0.167. The van der Waals surface area contributed by atoms with Crippen LogP contribution >= 0.6 is 0 Å². The molecule has 5 nitrogen and oxygen atoms in total. The van der Waals surface area contributed by atoms with Crippen LogP contribution in [0.25, 0.3) is 22.2 Å². The summed E-state index contributed by atoms with van der Waals surface area (Å²) in [6.45, 7) is 1.94. The van der Waals surface area contributed by atoms with Gasteiger partial charge in [-0.15, -0.1) is 0 Å². The maximum atomic E-state index is 5.86. The predicted molar refractivity (Wildman–Crippen MR) is 67.4 cm³/mol. The summed E-state index contributed by atoms with van der Waals surface area (Å²) in [6.07, 6.45) is 1.92. The molecule has 3 rings (SSSR count). The van der Waals surface area contributed by atoms with Crippen LogP contribution in [0.2, 0.25) is 0 Å². The molecule has 3 aromatic rings. The molecule has 0 bridgehead atoms. The van der Waals surface area contributed by atoms with Gasteiger partial charge < -0.3 is 10.7 Å². The molecule has 0 saturated heterocycles. The number of aryl methyl sites for hydroxylation is 2. The first-order valence-electron chi connectivity index (χ1n) is 5.39. The third-order valence-corrected chi connectivity index (χ3v) is 2.77. The van der Waals surface area contributed by atoms with Crippen LogP contribution in [-0.2, 0) is 7.05 Å². The monoisotopic (exact) mass is 227 g/mol. The van der Waals surface area contributed by atoms with Gasteiger partial charge in [-0.05, 0) is 24.6 Å². The van der Waals surface area contributed by atoms with E-state index in [1.54, 1.807) is 4.68 Å². The number of hydrogen-bond acceptors (Lipinski definition) is 3. The Labute approximate surface area is 98.3 Å². The standard InChI is InChI=1S/C12H13N5/c1-7-14-10-4-3-8(5-11(10)15-7)9-6-17(2)16-12(9)13/h3-6H,1-2H3,(H2,13,16)(H,14,15). The van der Waals surface area contributed by atoms with Gasteiger partial charge in [0.15, 0.2) is 5.82 Å². The lowest BCUT2D eigenvalue weighted by molar-refractivity contribution is 0.772. The molecule has 0 fully saturated rings. The largest absolute Gasteiger partial charge is 0.382 e. The number of aromatic nitrogens is 4. The van der Waals surface area contributed by atoms with Crippen LogP contribution in [0.1, 0.15) is 5.82 Å². The van der Waals surface area contributed by atoms with E-state index in [1.807, 2.05) is 38.4 Å². The highest BCUT2D eigenvalue weighted by molar-refractivity contribution is 5.84. The van der Waals surface area contributed by atoms with Gasteiger partial charge in [-0.2, -0.15) is 5.10 Å². The molecule has 0 radical (unpaired) electrons. The Hall–Kier alpha value is -2.30. The summed E-state index contributed by atoms with van der Waals surface area (Å²) in [7, 11) is 1.86. The number of H-pyrrole nitrogens is 1. The number of nitrogens with one attached hydrogen (secondary N) is 1. The molecule has 17 heavy (non-hydrogen) atoms. The van der Waals surface area contributed by atoms with Crippen molar-refractivity contribution in [2.24, 2.45) is 7.05 Å². The quantitative estimate of drug-likeness (QED) is 0.666. The minimum atomic E-state index is 0.545. The van der Waals surface area contributed by atoms with Gasteiger partial charge in [0.1, 0.15) is 5.82 Å². The van der Waals surface area contributed by atoms with Crippen molar-refractivity contribution in [3.8, 4) is 11.1 Å². The van der Waals surface area contributed by atoms with Crippen molar-refractivity contribution in [2.75, 3.05) is 5.73 Å². The van der Waals surface area contributed by atoms with Gasteiger partial charge in [-0.1, -0.05) is 6.07 Å². The van der Waals surface area contributed by atoms with E-state index in [4.69, 9.17) is 5.73 Å². The molecular weight excluding hydrogens is 214 g/mol. The Morgan fingerprint density at radius 3 is 2.88 bits per heavy atom. The second-order valence-electron chi connectivity index (χ2n) is 4.16. The molecule has 0 saturated carbocycles. The van der Waals surface area contributed by atoms with E-state index in [0.29, 0.717) is 5.82 Å². The fourth-order valence-electron chi connectivity index (χ4n) is 2.03. The van der Waals surface area contributed by atoms with Gasteiger partial charge in [0.2, 0.25) is 0 Å². The SMILES string of the molecule is Cc1nc2ccc(-c3cn(C)nc3N)cc2[nH]1. The lowest BCUT2D eigenvalue weighted by Gasteiger charge is -1.98. The summed E-state index contributed by atoms with van der Waals surface area (Å²) in [5.74, 6) is 1.46. The number of hydrogen-bond donors (Lipinski definition) is 2. The number of rotatable bonds is 1. The van der Waals surface area contributed by atoms with Crippen molar-refractivity contribution < 1.29 is 0 Å². The van der Waals surface area contributed by atoms with Gasteiger partial charge >= 0.3 is 0 Å². The first-order valence-corrected chi connectivity index (χ1v) is 5.39. The molecule has 5 heteroatoms. The number of fused-ring (bicyclic) bond motifs is 1. The van der Waals surface area contributed by atoms with E-state index < -0.39 is 0 Å². The summed E-state index contributed by atoms with van der Waals surface area (Å²) in [5.41, 5.74) is 9.84. The van der Waals surface area contributed by atoms with Crippen molar-refractivity contribution in [1.82, 2.24) is 19.7 Å². The Morgan fingerprint density at radius 1 is 1.35 bits per heavy atom. The summed E-state index contributed by atoms with van der Waals surface area (Å²) < 4.78 is 1.72. The van der Waals surface area contributed by atoms with Crippen LogP contribution in [0.4, 0.5) is 5.82 Å². The van der Waals surface area contributed by atoms with Gasteiger partial charge in [0.25, 0.3) is 0 Å². The number of imidazole rings is 1. The highest BCUT2D eigenvalue weighted by Gasteiger charge is 2.08. The zero-order valence-electron chi connectivity index (χ0n) is 9.73. The normalized spacial score (nSPS) is 11.2. The number of benzene rings is 1. The minimum absolute atomic E-state index is 0.545. The average molecular weight is 227 g/mol. The predicted octanol–water partition coefficient (Wildman–Crippen LogP) is 1.85. The van der Waals surface area contributed by atoms with Crippen LogP contribution in [0.15, 0.2) is 24.4 Å². The number of aromatic amines is 1. The molecule has 86 valence electrons. The van der Waals surface area contributed by atoms with Crippen LogP contribution in [0, 0.1) is 6.92 Å². The molecule has 0 aliphatic carbocycles. The van der Waals surface area contributed by atoms with E-state index in [-0.39, 0.29) is 0 Å². The minimum Gasteiger partial charge on any atom is -0.382 e. The Balaban J connectivity index is 2.20. The van der Waals surface area contributed by atoms with Gasteiger partial charge in [0.05, 0.1) is 11.0 Å². The van der Waals surface area contributed by atoms with E-state index in [1.165, 1.54) is 0 Å². The maximum Gasteiger partial charge on any atom is 0.153 e. The summed E-state index contributed by atoms with van der Waals surface area (Å²) >= 11 is 0. The lowest BCUT2D eigenvalue weighted by Crippen LogP contribution is -1.90. The van der Waals surface area contributed by atoms with Crippen molar-refractivity contribution in [3.63, 3.8) is 0 Å². The third-order valence-electron chi connectivity index (χ3n) is 2.77. The fourth-order valence-corrected chi connectivity index (χ4v) is 2.03. The Kier molecular flexibility index (Phi) is 1.95. The molecule has 0 amide bonds. The van der Waals surface area contributed by atoms with Crippen LogP contribution in [-0.4, -0.2) is 19.7 Å². The van der Waals surface area contributed by atoms with E-state index in [2.05, 4.69) is 15.1 Å². The maximum absolute atomic E-state index is 5.86. The summed E-state index contributed by atoms with van der Waals surface area (Å²) in [4.78, 5) is 7.58. The number of anilines is 1. The van der Waals surface area contributed by atoms with E-state index in [0.717, 1.165) is 28.0 Å². The second kappa shape index (κ2) is 3.35. The van der Waals surface area contributed by atoms with Crippen molar-refractivity contribution in [1.29, 1.82) is 0 Å². The van der Waals surface area contributed by atoms with Crippen molar-refractivity contribution >= 4 is 16.9 Å². The molecule has 1 aromatic carbocycles. The lowest BCUT2D eigenvalue weighted by atomic mass is 10.1. The zero-order chi connectivity index (χ0) is 12.0. The van der Waals surface area contributed by atoms with Crippen molar-refractivity contribution in [2.45, 2.75) is 6.92 Å². The number of nitrogen functional groups attached to an aromatic ring is 1. The van der Waals surface area contributed by atoms with Crippen LogP contribution < -0.4 is 5.73 Å². The zero-order valence-corrected chi connectivity index (χ0v) is 9.73. The van der Waals surface area contributed by atoms with Crippen molar-refractivity contribution in [3.05, 3.63) is 30.2 Å². The highest BCUT2D eigenvalue weighted by Crippen LogP contribution is 2.27. The average Bonchev–Trinajstić information content (AvgIpc) is 2.78. The highest BCUT2D eigenvalue weighted by atomic mass is 15.3. The third kappa shape index (κ3) is 1.56. The molecule has 2 aromatic heterocycles. The first kappa shape index (κ1) is 9.89. The Bertz CT molecular complexity index is 692. The van der Waals surface area contributed by atoms with Gasteiger partial charge in [0, 0.05) is 18.8 Å². The van der Waals surface area contributed by atoms with Crippen LogP contribution in [0.3, 0.4) is 0 Å². The Morgan fingerprint density at radius 2 is 2.18 bits per heavy atom.